The summed E-state index contributed by atoms with van der Waals surface area (Å²) in [6.45, 7) is 9.15. The molecule has 0 saturated carbocycles. The molecule has 3 N–H and O–H groups in total. The molecule has 224 valence electrons. The Hall–Kier alpha value is -4.08. The lowest BCUT2D eigenvalue weighted by Crippen LogP contribution is -2.49. The number of carbonyl (C=O) groups excluding carboxylic acids is 2. The quantitative estimate of drug-likeness (QED) is 0.301. The van der Waals surface area contributed by atoms with Gasteiger partial charge in [0, 0.05) is 31.6 Å². The van der Waals surface area contributed by atoms with Crippen molar-refractivity contribution in [3.8, 4) is 17.2 Å². The van der Waals surface area contributed by atoms with Crippen LogP contribution in [-0.4, -0.2) is 71.8 Å². The van der Waals surface area contributed by atoms with Crippen molar-refractivity contribution in [3.63, 3.8) is 0 Å². The maximum absolute atomic E-state index is 13.6. The highest BCUT2D eigenvalue weighted by Crippen LogP contribution is 2.35. The van der Waals surface area contributed by atoms with Gasteiger partial charge in [-0.15, -0.1) is 0 Å². The molecule has 0 saturated heterocycles. The number of carbonyl (C=O) groups is 2. The topological polar surface area (TPSA) is 103 Å². The Morgan fingerprint density at radius 1 is 1.05 bits per heavy atom. The normalized spacial score (nSPS) is 17.6. The van der Waals surface area contributed by atoms with Crippen LogP contribution in [0.2, 0.25) is 0 Å². The fourth-order valence-electron chi connectivity index (χ4n) is 4.95. The maximum Gasteiger partial charge on any atom is 0.319 e. The van der Waals surface area contributed by atoms with Crippen LogP contribution in [0, 0.1) is 5.92 Å². The van der Waals surface area contributed by atoms with Gasteiger partial charge in [0.25, 0.3) is 5.91 Å². The van der Waals surface area contributed by atoms with Crippen molar-refractivity contribution in [1.29, 1.82) is 0 Å². The van der Waals surface area contributed by atoms with Gasteiger partial charge in [-0.1, -0.05) is 43.3 Å². The number of para-hydroxylation sites is 2. The predicted molar refractivity (Wildman–Crippen MR) is 164 cm³/mol. The number of hydrogen-bond acceptors (Lipinski definition) is 6. The van der Waals surface area contributed by atoms with E-state index in [4.69, 9.17) is 9.47 Å². The van der Waals surface area contributed by atoms with Crippen LogP contribution in [0.3, 0.4) is 0 Å². The summed E-state index contributed by atoms with van der Waals surface area (Å²) in [4.78, 5) is 30.1. The highest BCUT2D eigenvalue weighted by molar-refractivity contribution is 6.01. The number of hydrogen-bond donors (Lipinski definition) is 3. The van der Waals surface area contributed by atoms with Crippen LogP contribution in [0.1, 0.15) is 43.6 Å². The molecule has 42 heavy (non-hydrogen) atoms. The van der Waals surface area contributed by atoms with Crippen molar-refractivity contribution in [2.75, 3.05) is 32.1 Å². The van der Waals surface area contributed by atoms with E-state index in [1.165, 1.54) is 0 Å². The Kier molecular flexibility index (Phi) is 10.4. The van der Waals surface area contributed by atoms with E-state index in [1.807, 2.05) is 89.3 Å². The minimum atomic E-state index is -0.376. The standard InChI is InChI=1S/C33H42N4O5/c1-22(2)34-33(40)35-29-13-9-12-28-31(29)42-30(23(3)18-37(32(28)39)24(4)21-38)20-36(5)19-25-14-16-27(17-15-25)41-26-10-7-6-8-11-26/h6-17,22-24,30,38H,18-21H2,1-5H3,(H2,34,35,40)/t23-,24+,30+/m0/s1. The zero-order chi connectivity index (χ0) is 30.2. The summed E-state index contributed by atoms with van der Waals surface area (Å²) in [6, 6.07) is 22.0. The fourth-order valence-corrected chi connectivity index (χ4v) is 4.95. The third kappa shape index (κ3) is 8.02. The average Bonchev–Trinajstić information content (AvgIpc) is 2.96. The largest absolute Gasteiger partial charge is 0.486 e. The predicted octanol–water partition coefficient (Wildman–Crippen LogP) is 5.36. The first-order chi connectivity index (χ1) is 20.1. The molecule has 0 spiro atoms. The molecule has 1 aliphatic rings. The number of likely N-dealkylation sites (N-methyl/N-ethyl adjacent to an activating group) is 1. The van der Waals surface area contributed by atoms with Gasteiger partial charge in [0.15, 0.2) is 5.75 Å². The monoisotopic (exact) mass is 574 g/mol. The number of fused-ring (bicyclic) bond motifs is 1. The number of anilines is 1. The van der Waals surface area contributed by atoms with Crippen molar-refractivity contribution in [1.82, 2.24) is 15.1 Å². The lowest BCUT2D eigenvalue weighted by molar-refractivity contribution is 0.0343. The van der Waals surface area contributed by atoms with E-state index >= 15 is 0 Å². The molecule has 0 bridgehead atoms. The summed E-state index contributed by atoms with van der Waals surface area (Å²) < 4.78 is 12.5. The zero-order valence-corrected chi connectivity index (χ0v) is 25.0. The van der Waals surface area contributed by atoms with E-state index < -0.39 is 0 Å². The molecule has 0 aliphatic carbocycles. The molecule has 3 amide bonds. The molecule has 0 aromatic heterocycles. The molecule has 1 heterocycles. The van der Waals surface area contributed by atoms with E-state index in [1.54, 1.807) is 23.1 Å². The SMILES string of the molecule is CC(C)NC(=O)Nc1cccc2c1O[C@H](CN(C)Cc1ccc(Oc3ccccc3)cc1)[C@@H](C)CN([C@H](C)CO)C2=O. The van der Waals surface area contributed by atoms with Gasteiger partial charge in [0.2, 0.25) is 0 Å². The van der Waals surface area contributed by atoms with E-state index in [-0.39, 0.29) is 42.7 Å². The average molecular weight is 575 g/mol. The smallest absolute Gasteiger partial charge is 0.319 e. The molecule has 0 unspecified atom stereocenters. The number of aliphatic hydroxyl groups excluding tert-OH is 1. The molecular formula is C33H42N4O5. The van der Waals surface area contributed by atoms with Crippen molar-refractivity contribution >= 4 is 17.6 Å². The zero-order valence-electron chi connectivity index (χ0n) is 25.0. The second kappa shape index (κ2) is 14.2. The van der Waals surface area contributed by atoms with Gasteiger partial charge in [0.1, 0.15) is 17.6 Å². The van der Waals surface area contributed by atoms with Crippen LogP contribution in [0.5, 0.6) is 17.2 Å². The van der Waals surface area contributed by atoms with Crippen LogP contribution in [-0.2, 0) is 6.54 Å². The van der Waals surface area contributed by atoms with Gasteiger partial charge in [-0.2, -0.15) is 0 Å². The number of amides is 3. The third-order valence-corrected chi connectivity index (χ3v) is 7.21. The summed E-state index contributed by atoms with van der Waals surface area (Å²) >= 11 is 0. The van der Waals surface area contributed by atoms with Crippen LogP contribution in [0.15, 0.2) is 72.8 Å². The molecule has 0 fully saturated rings. The van der Waals surface area contributed by atoms with Gasteiger partial charge in [-0.25, -0.2) is 4.79 Å². The molecule has 0 radical (unpaired) electrons. The molecule has 9 heteroatoms. The van der Waals surface area contributed by atoms with Crippen LogP contribution >= 0.6 is 0 Å². The van der Waals surface area contributed by atoms with Crippen molar-refractivity contribution in [2.45, 2.75) is 52.4 Å². The number of nitrogens with zero attached hydrogens (tertiary/aromatic N) is 2. The Morgan fingerprint density at radius 2 is 1.74 bits per heavy atom. The highest BCUT2D eigenvalue weighted by Gasteiger charge is 2.34. The Morgan fingerprint density at radius 3 is 2.40 bits per heavy atom. The summed E-state index contributed by atoms with van der Waals surface area (Å²) in [7, 11) is 2.03. The van der Waals surface area contributed by atoms with Gasteiger partial charge in [-0.05, 0) is 69.8 Å². The van der Waals surface area contributed by atoms with E-state index in [9.17, 15) is 14.7 Å². The molecule has 9 nitrogen and oxygen atoms in total. The fraction of sp³-hybridized carbons (Fsp3) is 0.394. The van der Waals surface area contributed by atoms with Crippen molar-refractivity contribution < 1.29 is 24.2 Å². The summed E-state index contributed by atoms with van der Waals surface area (Å²) in [5.41, 5.74) is 1.90. The first-order valence-electron chi connectivity index (χ1n) is 14.4. The molecule has 3 aromatic carbocycles. The maximum atomic E-state index is 13.6. The van der Waals surface area contributed by atoms with Crippen LogP contribution in [0.4, 0.5) is 10.5 Å². The van der Waals surface area contributed by atoms with Gasteiger partial charge < -0.3 is 30.1 Å². The molecule has 3 atom stereocenters. The van der Waals surface area contributed by atoms with Gasteiger partial charge in [-0.3, -0.25) is 9.69 Å². The first kappa shape index (κ1) is 30.9. The number of rotatable bonds is 10. The number of ether oxygens (including phenoxy) is 2. The van der Waals surface area contributed by atoms with E-state index in [2.05, 4.69) is 15.5 Å². The molecule has 3 aromatic rings. The Labute approximate surface area is 248 Å². The first-order valence-corrected chi connectivity index (χ1v) is 14.4. The summed E-state index contributed by atoms with van der Waals surface area (Å²) in [6.07, 6.45) is -0.299. The van der Waals surface area contributed by atoms with Crippen molar-refractivity contribution in [3.05, 3.63) is 83.9 Å². The van der Waals surface area contributed by atoms with Gasteiger partial charge >= 0.3 is 6.03 Å². The third-order valence-electron chi connectivity index (χ3n) is 7.21. The second-order valence-corrected chi connectivity index (χ2v) is 11.3. The Bertz CT molecular complexity index is 1330. The molecular weight excluding hydrogens is 532 g/mol. The second-order valence-electron chi connectivity index (χ2n) is 11.3. The summed E-state index contributed by atoms with van der Waals surface area (Å²) in [5.74, 6) is 1.60. The van der Waals surface area contributed by atoms with Crippen molar-refractivity contribution in [2.24, 2.45) is 5.92 Å². The number of benzene rings is 3. The Balaban J connectivity index is 1.54. The number of nitrogens with one attached hydrogen (secondary N) is 2. The summed E-state index contributed by atoms with van der Waals surface area (Å²) in [5, 5.41) is 15.6. The lowest BCUT2D eigenvalue weighted by Gasteiger charge is -2.38. The minimum absolute atomic E-state index is 0.0562. The van der Waals surface area contributed by atoms with Crippen LogP contribution in [0.25, 0.3) is 0 Å². The van der Waals surface area contributed by atoms with Crippen LogP contribution < -0.4 is 20.1 Å². The molecule has 1 aliphatic heterocycles. The van der Waals surface area contributed by atoms with E-state index in [0.29, 0.717) is 36.6 Å². The van der Waals surface area contributed by atoms with E-state index in [0.717, 1.165) is 17.1 Å². The number of aliphatic hydroxyl groups is 1. The number of urea groups is 1. The van der Waals surface area contributed by atoms with Gasteiger partial charge in [0.05, 0.1) is 23.9 Å². The minimum Gasteiger partial charge on any atom is -0.486 e. The lowest BCUT2D eigenvalue weighted by atomic mass is 9.99. The highest BCUT2D eigenvalue weighted by atomic mass is 16.5. The molecule has 4 rings (SSSR count).